The molecule has 0 amide bonds. The highest BCUT2D eigenvalue weighted by Crippen LogP contribution is 2.15. The fourth-order valence-corrected chi connectivity index (χ4v) is 1.27. The van der Waals surface area contributed by atoms with Gasteiger partial charge in [0.15, 0.2) is 0 Å². The molecule has 0 aromatic heterocycles. The lowest BCUT2D eigenvalue weighted by atomic mass is 10.0. The van der Waals surface area contributed by atoms with Gasteiger partial charge in [-0.2, -0.15) is 0 Å². The predicted octanol–water partition coefficient (Wildman–Crippen LogP) is 3.58. The highest BCUT2D eigenvalue weighted by atomic mass is 14.5. The van der Waals surface area contributed by atoms with Crippen molar-refractivity contribution in [3.8, 4) is 0 Å². The third-order valence-corrected chi connectivity index (χ3v) is 2.43. The SMILES string of the molecule is C=C(CC)/C(C)=C/C(=C\C)CCCN. The summed E-state index contributed by atoms with van der Waals surface area (Å²) in [5.41, 5.74) is 9.36. The molecule has 0 radical (unpaired) electrons. The van der Waals surface area contributed by atoms with E-state index >= 15 is 0 Å². The standard InChI is InChI=1S/C13H23N/c1-5-11(3)12(4)10-13(6-2)8-7-9-14/h6,10H,3,5,7-9,14H2,1-2,4H3/b12-10+,13-6-. The molecule has 0 heterocycles. The van der Waals surface area contributed by atoms with E-state index < -0.39 is 0 Å². The first-order valence-electron chi connectivity index (χ1n) is 5.37. The first-order chi connectivity index (χ1) is 6.65. The number of hydrogen-bond acceptors (Lipinski definition) is 1. The topological polar surface area (TPSA) is 26.0 Å². The molecule has 0 aliphatic carbocycles. The second kappa shape index (κ2) is 7.57. The Labute approximate surface area is 88.4 Å². The van der Waals surface area contributed by atoms with Gasteiger partial charge in [0.1, 0.15) is 0 Å². The van der Waals surface area contributed by atoms with E-state index in [4.69, 9.17) is 5.73 Å². The smallest absolute Gasteiger partial charge is 0.00741 e. The summed E-state index contributed by atoms with van der Waals surface area (Å²) < 4.78 is 0. The lowest BCUT2D eigenvalue weighted by Gasteiger charge is -2.05. The molecule has 0 saturated heterocycles. The maximum absolute atomic E-state index is 5.48. The van der Waals surface area contributed by atoms with Gasteiger partial charge in [0.05, 0.1) is 0 Å². The second-order valence-corrected chi connectivity index (χ2v) is 3.54. The average Bonchev–Trinajstić information content (AvgIpc) is 2.22. The normalized spacial score (nSPS) is 13.1. The Hall–Kier alpha value is -0.820. The lowest BCUT2D eigenvalue weighted by molar-refractivity contribution is 0.833. The van der Waals surface area contributed by atoms with E-state index in [1.807, 2.05) is 0 Å². The van der Waals surface area contributed by atoms with Crippen LogP contribution in [0.3, 0.4) is 0 Å². The molecule has 0 bridgehead atoms. The molecule has 0 saturated carbocycles. The molecule has 0 aromatic rings. The number of hydrogen-bond donors (Lipinski definition) is 1. The molecular weight excluding hydrogens is 170 g/mol. The Morgan fingerprint density at radius 1 is 1.43 bits per heavy atom. The zero-order valence-corrected chi connectivity index (χ0v) is 9.77. The van der Waals surface area contributed by atoms with Crippen LogP contribution in [-0.4, -0.2) is 6.54 Å². The van der Waals surface area contributed by atoms with Crippen molar-refractivity contribution < 1.29 is 0 Å². The van der Waals surface area contributed by atoms with Crippen LogP contribution in [0, 0.1) is 0 Å². The number of allylic oxidation sites excluding steroid dienone is 5. The number of nitrogens with two attached hydrogens (primary N) is 1. The fourth-order valence-electron chi connectivity index (χ4n) is 1.27. The van der Waals surface area contributed by atoms with E-state index in [1.54, 1.807) is 0 Å². The van der Waals surface area contributed by atoms with E-state index in [2.05, 4.69) is 39.5 Å². The Morgan fingerprint density at radius 3 is 2.50 bits per heavy atom. The van der Waals surface area contributed by atoms with E-state index in [-0.39, 0.29) is 0 Å². The second-order valence-electron chi connectivity index (χ2n) is 3.54. The summed E-state index contributed by atoms with van der Waals surface area (Å²) in [5.74, 6) is 0. The molecule has 1 nitrogen and oxygen atoms in total. The molecule has 14 heavy (non-hydrogen) atoms. The van der Waals surface area contributed by atoms with E-state index in [1.165, 1.54) is 16.7 Å². The summed E-state index contributed by atoms with van der Waals surface area (Å²) >= 11 is 0. The Bertz CT molecular complexity index is 234. The zero-order chi connectivity index (χ0) is 11.0. The molecule has 0 spiro atoms. The Kier molecular flexibility index (Phi) is 7.13. The van der Waals surface area contributed by atoms with E-state index in [9.17, 15) is 0 Å². The summed E-state index contributed by atoms with van der Waals surface area (Å²) in [7, 11) is 0. The first-order valence-corrected chi connectivity index (χ1v) is 5.37. The molecule has 1 heteroatoms. The van der Waals surface area contributed by atoms with Crippen molar-refractivity contribution in [2.45, 2.75) is 40.0 Å². The first kappa shape index (κ1) is 13.2. The molecule has 0 unspecified atom stereocenters. The van der Waals surface area contributed by atoms with Gasteiger partial charge in [-0.15, -0.1) is 0 Å². The van der Waals surface area contributed by atoms with Crippen LogP contribution < -0.4 is 5.73 Å². The van der Waals surface area contributed by atoms with Crippen molar-refractivity contribution in [1.29, 1.82) is 0 Å². The minimum absolute atomic E-state index is 0.763. The minimum Gasteiger partial charge on any atom is -0.330 e. The van der Waals surface area contributed by atoms with E-state index in [0.29, 0.717) is 0 Å². The van der Waals surface area contributed by atoms with Gasteiger partial charge in [-0.1, -0.05) is 36.8 Å². The highest BCUT2D eigenvalue weighted by molar-refractivity contribution is 5.33. The summed E-state index contributed by atoms with van der Waals surface area (Å²) in [4.78, 5) is 0. The van der Waals surface area contributed by atoms with Gasteiger partial charge in [0.25, 0.3) is 0 Å². The van der Waals surface area contributed by atoms with Crippen molar-refractivity contribution in [3.05, 3.63) is 35.5 Å². The van der Waals surface area contributed by atoms with Gasteiger partial charge < -0.3 is 5.73 Å². The summed E-state index contributed by atoms with van der Waals surface area (Å²) in [6.45, 7) is 11.1. The maximum Gasteiger partial charge on any atom is -0.00741 e. The van der Waals surface area contributed by atoms with Crippen LogP contribution in [0.15, 0.2) is 35.5 Å². The van der Waals surface area contributed by atoms with Crippen LogP contribution in [0.1, 0.15) is 40.0 Å². The Morgan fingerprint density at radius 2 is 2.07 bits per heavy atom. The molecule has 80 valence electrons. The summed E-state index contributed by atoms with van der Waals surface area (Å²) in [5, 5.41) is 0. The van der Waals surface area contributed by atoms with Crippen molar-refractivity contribution in [2.75, 3.05) is 6.54 Å². The largest absolute Gasteiger partial charge is 0.330 e. The van der Waals surface area contributed by atoms with Crippen LogP contribution in [-0.2, 0) is 0 Å². The van der Waals surface area contributed by atoms with E-state index in [0.717, 1.165) is 25.8 Å². The van der Waals surface area contributed by atoms with Crippen LogP contribution in [0.5, 0.6) is 0 Å². The van der Waals surface area contributed by atoms with Crippen molar-refractivity contribution in [2.24, 2.45) is 5.73 Å². The molecule has 0 rings (SSSR count). The van der Waals surface area contributed by atoms with Crippen molar-refractivity contribution >= 4 is 0 Å². The Balaban J connectivity index is 4.35. The highest BCUT2D eigenvalue weighted by Gasteiger charge is 1.96. The van der Waals surface area contributed by atoms with Crippen LogP contribution in [0.25, 0.3) is 0 Å². The van der Waals surface area contributed by atoms with Crippen molar-refractivity contribution in [3.63, 3.8) is 0 Å². The molecule has 0 aliphatic rings. The predicted molar refractivity (Wildman–Crippen MR) is 65.2 cm³/mol. The molecule has 2 N–H and O–H groups in total. The van der Waals surface area contributed by atoms with Gasteiger partial charge in [0, 0.05) is 0 Å². The minimum atomic E-state index is 0.763. The quantitative estimate of drug-likeness (QED) is 0.641. The van der Waals surface area contributed by atoms with Crippen LogP contribution in [0.4, 0.5) is 0 Å². The molecule has 0 aromatic carbocycles. The van der Waals surface area contributed by atoms with Crippen molar-refractivity contribution in [1.82, 2.24) is 0 Å². The van der Waals surface area contributed by atoms with Gasteiger partial charge in [-0.25, -0.2) is 0 Å². The maximum atomic E-state index is 5.48. The van der Waals surface area contributed by atoms with Gasteiger partial charge in [0.2, 0.25) is 0 Å². The molecule has 0 aliphatic heterocycles. The number of rotatable bonds is 6. The third-order valence-electron chi connectivity index (χ3n) is 2.43. The lowest BCUT2D eigenvalue weighted by Crippen LogP contribution is -1.98. The molecule has 0 fully saturated rings. The van der Waals surface area contributed by atoms with Gasteiger partial charge in [-0.3, -0.25) is 0 Å². The fraction of sp³-hybridized carbons (Fsp3) is 0.538. The summed E-state index contributed by atoms with van der Waals surface area (Å²) in [6.07, 6.45) is 7.53. The monoisotopic (exact) mass is 193 g/mol. The average molecular weight is 193 g/mol. The third kappa shape index (κ3) is 5.03. The molecular formula is C13H23N. The van der Waals surface area contributed by atoms with Crippen LogP contribution >= 0.6 is 0 Å². The summed E-state index contributed by atoms with van der Waals surface area (Å²) in [6, 6.07) is 0. The van der Waals surface area contributed by atoms with Crippen LogP contribution in [0.2, 0.25) is 0 Å². The molecule has 0 atom stereocenters. The van der Waals surface area contributed by atoms with Gasteiger partial charge >= 0.3 is 0 Å². The zero-order valence-electron chi connectivity index (χ0n) is 9.77. The van der Waals surface area contributed by atoms with Gasteiger partial charge in [-0.05, 0) is 45.2 Å².